The van der Waals surface area contributed by atoms with Crippen LogP contribution in [0.25, 0.3) is 0 Å². The van der Waals surface area contributed by atoms with Gasteiger partial charge in [-0.2, -0.15) is 5.26 Å². The van der Waals surface area contributed by atoms with Gasteiger partial charge in [-0.05, 0) is 53.1 Å². The van der Waals surface area contributed by atoms with E-state index in [2.05, 4.69) is 37.1 Å². The lowest BCUT2D eigenvalue weighted by molar-refractivity contribution is 0.151. The number of hydrogen-bond donors (Lipinski definition) is 1. The largest absolute Gasteiger partial charge is 0.302 e. The third kappa shape index (κ3) is 2.75. The zero-order chi connectivity index (χ0) is 12.2. The van der Waals surface area contributed by atoms with E-state index in [1.165, 1.54) is 6.42 Å². The summed E-state index contributed by atoms with van der Waals surface area (Å²) in [4.78, 5) is 2.55. The highest BCUT2D eigenvalue weighted by Gasteiger charge is 2.40. The number of rotatable bonds is 5. The second-order valence-electron chi connectivity index (χ2n) is 5.17. The van der Waals surface area contributed by atoms with Crippen molar-refractivity contribution in [3.8, 4) is 6.07 Å². The SMILES string of the molecule is CCCN(C(C)C)C1CCC(C#N)(NC)C1. The summed E-state index contributed by atoms with van der Waals surface area (Å²) in [5, 5.41) is 12.5. The Morgan fingerprint density at radius 1 is 1.56 bits per heavy atom. The Labute approximate surface area is 99.8 Å². The van der Waals surface area contributed by atoms with Crippen molar-refractivity contribution in [1.29, 1.82) is 5.26 Å². The Hall–Kier alpha value is -0.590. The average molecular weight is 223 g/mol. The van der Waals surface area contributed by atoms with Crippen molar-refractivity contribution >= 4 is 0 Å². The molecule has 92 valence electrons. The van der Waals surface area contributed by atoms with Gasteiger partial charge in [0.1, 0.15) is 5.54 Å². The van der Waals surface area contributed by atoms with Gasteiger partial charge >= 0.3 is 0 Å². The van der Waals surface area contributed by atoms with Crippen LogP contribution in [0.15, 0.2) is 0 Å². The lowest BCUT2D eigenvalue weighted by atomic mass is 9.99. The maximum absolute atomic E-state index is 9.25. The second-order valence-corrected chi connectivity index (χ2v) is 5.17. The fraction of sp³-hybridized carbons (Fsp3) is 0.923. The van der Waals surface area contributed by atoms with E-state index in [9.17, 15) is 5.26 Å². The van der Waals surface area contributed by atoms with Crippen LogP contribution < -0.4 is 5.32 Å². The van der Waals surface area contributed by atoms with Crippen LogP contribution in [0.4, 0.5) is 0 Å². The van der Waals surface area contributed by atoms with E-state index >= 15 is 0 Å². The Bertz CT molecular complexity index is 256. The van der Waals surface area contributed by atoms with Gasteiger partial charge in [-0.25, -0.2) is 0 Å². The van der Waals surface area contributed by atoms with E-state index in [1.807, 2.05) is 7.05 Å². The first kappa shape index (κ1) is 13.5. The Kier molecular flexibility index (Phi) is 4.76. The molecule has 16 heavy (non-hydrogen) atoms. The molecule has 0 aromatic rings. The average Bonchev–Trinajstić information content (AvgIpc) is 2.70. The molecule has 0 aliphatic heterocycles. The third-order valence-corrected chi connectivity index (χ3v) is 3.80. The van der Waals surface area contributed by atoms with Gasteiger partial charge < -0.3 is 5.32 Å². The molecule has 1 rings (SSSR count). The van der Waals surface area contributed by atoms with E-state index in [-0.39, 0.29) is 5.54 Å². The number of nitrogens with zero attached hydrogens (tertiary/aromatic N) is 2. The summed E-state index contributed by atoms with van der Waals surface area (Å²) in [5.74, 6) is 0. The van der Waals surface area contributed by atoms with Crippen LogP contribution in [0, 0.1) is 11.3 Å². The molecule has 0 aromatic carbocycles. The summed E-state index contributed by atoms with van der Waals surface area (Å²) in [7, 11) is 1.91. The summed E-state index contributed by atoms with van der Waals surface area (Å²) < 4.78 is 0. The predicted molar refractivity (Wildman–Crippen MR) is 67.2 cm³/mol. The maximum Gasteiger partial charge on any atom is 0.108 e. The molecule has 0 amide bonds. The first-order valence-corrected chi connectivity index (χ1v) is 6.44. The van der Waals surface area contributed by atoms with Crippen molar-refractivity contribution < 1.29 is 0 Å². The quantitative estimate of drug-likeness (QED) is 0.776. The highest BCUT2D eigenvalue weighted by atomic mass is 15.2. The molecule has 1 saturated carbocycles. The first-order valence-electron chi connectivity index (χ1n) is 6.44. The van der Waals surface area contributed by atoms with Gasteiger partial charge in [-0.3, -0.25) is 4.90 Å². The lowest BCUT2D eigenvalue weighted by Gasteiger charge is -2.33. The molecule has 1 fully saturated rings. The van der Waals surface area contributed by atoms with Crippen molar-refractivity contribution in [3.05, 3.63) is 0 Å². The molecule has 1 aliphatic rings. The standard InChI is InChI=1S/C13H25N3/c1-5-8-16(11(2)3)12-6-7-13(9-12,10-14)15-4/h11-12,15H,5-9H2,1-4H3. The Morgan fingerprint density at radius 2 is 2.25 bits per heavy atom. The molecule has 3 nitrogen and oxygen atoms in total. The molecule has 3 heteroatoms. The minimum atomic E-state index is -0.272. The fourth-order valence-electron chi connectivity index (χ4n) is 2.81. The van der Waals surface area contributed by atoms with Crippen LogP contribution in [-0.2, 0) is 0 Å². The molecule has 0 aromatic heterocycles. The topological polar surface area (TPSA) is 39.1 Å². The first-order chi connectivity index (χ1) is 7.58. The van der Waals surface area contributed by atoms with Gasteiger partial charge in [0, 0.05) is 12.1 Å². The molecule has 0 spiro atoms. The van der Waals surface area contributed by atoms with Crippen molar-refractivity contribution in [3.63, 3.8) is 0 Å². The van der Waals surface area contributed by atoms with E-state index < -0.39 is 0 Å². The van der Waals surface area contributed by atoms with E-state index in [0.717, 1.165) is 25.8 Å². The van der Waals surface area contributed by atoms with Gasteiger partial charge in [0.25, 0.3) is 0 Å². The zero-order valence-electron chi connectivity index (χ0n) is 11.1. The van der Waals surface area contributed by atoms with Crippen LogP contribution >= 0.6 is 0 Å². The van der Waals surface area contributed by atoms with Crippen LogP contribution in [0.5, 0.6) is 0 Å². The third-order valence-electron chi connectivity index (χ3n) is 3.80. The number of nitrogens with one attached hydrogen (secondary N) is 1. The Balaban J connectivity index is 2.66. The molecular formula is C13H25N3. The molecular weight excluding hydrogens is 198 g/mol. The van der Waals surface area contributed by atoms with Gasteiger partial charge in [-0.15, -0.1) is 0 Å². The second kappa shape index (κ2) is 5.65. The predicted octanol–water partition coefficient (Wildman–Crippen LogP) is 2.14. The molecule has 2 atom stereocenters. The molecule has 2 unspecified atom stereocenters. The highest BCUT2D eigenvalue weighted by molar-refractivity contribution is 5.13. The fourth-order valence-corrected chi connectivity index (χ4v) is 2.81. The summed E-state index contributed by atoms with van der Waals surface area (Å²) in [6, 6.07) is 3.61. The summed E-state index contributed by atoms with van der Waals surface area (Å²) in [6.45, 7) is 7.87. The van der Waals surface area contributed by atoms with Crippen molar-refractivity contribution in [2.45, 2.75) is 64.1 Å². The molecule has 0 radical (unpaired) electrons. The summed E-state index contributed by atoms with van der Waals surface area (Å²) >= 11 is 0. The monoisotopic (exact) mass is 223 g/mol. The zero-order valence-corrected chi connectivity index (χ0v) is 11.1. The summed E-state index contributed by atoms with van der Waals surface area (Å²) in [6.07, 6.45) is 4.29. The minimum absolute atomic E-state index is 0.272. The van der Waals surface area contributed by atoms with Crippen molar-refractivity contribution in [2.75, 3.05) is 13.6 Å². The van der Waals surface area contributed by atoms with Crippen LogP contribution in [0.2, 0.25) is 0 Å². The van der Waals surface area contributed by atoms with Gasteiger partial charge in [0.2, 0.25) is 0 Å². The minimum Gasteiger partial charge on any atom is -0.302 e. The smallest absolute Gasteiger partial charge is 0.108 e. The van der Waals surface area contributed by atoms with E-state index in [0.29, 0.717) is 12.1 Å². The number of nitriles is 1. The molecule has 0 bridgehead atoms. The number of hydrogen-bond acceptors (Lipinski definition) is 3. The molecule has 0 heterocycles. The van der Waals surface area contributed by atoms with E-state index in [1.54, 1.807) is 0 Å². The van der Waals surface area contributed by atoms with Gasteiger partial charge in [-0.1, -0.05) is 6.92 Å². The normalized spacial score (nSPS) is 29.9. The maximum atomic E-state index is 9.25. The Morgan fingerprint density at radius 3 is 2.62 bits per heavy atom. The van der Waals surface area contributed by atoms with Crippen molar-refractivity contribution in [1.82, 2.24) is 10.2 Å². The van der Waals surface area contributed by atoms with E-state index in [4.69, 9.17) is 0 Å². The lowest BCUT2D eigenvalue weighted by Crippen LogP contribution is -2.44. The van der Waals surface area contributed by atoms with Crippen molar-refractivity contribution in [2.24, 2.45) is 0 Å². The molecule has 0 saturated heterocycles. The van der Waals surface area contributed by atoms with Crippen LogP contribution in [0.3, 0.4) is 0 Å². The van der Waals surface area contributed by atoms with Crippen LogP contribution in [-0.4, -0.2) is 36.1 Å². The van der Waals surface area contributed by atoms with Crippen LogP contribution in [0.1, 0.15) is 46.5 Å². The molecule has 1 N–H and O–H groups in total. The van der Waals surface area contributed by atoms with Gasteiger partial charge in [0.05, 0.1) is 6.07 Å². The molecule has 1 aliphatic carbocycles. The van der Waals surface area contributed by atoms with Gasteiger partial charge in [0.15, 0.2) is 0 Å². The summed E-state index contributed by atoms with van der Waals surface area (Å²) in [5.41, 5.74) is -0.272. The highest BCUT2D eigenvalue weighted by Crippen LogP contribution is 2.33.